The van der Waals surface area contributed by atoms with Crippen LogP contribution in [0.1, 0.15) is 50.7 Å². The maximum atomic E-state index is 14.8. The van der Waals surface area contributed by atoms with E-state index in [0.717, 1.165) is 50.0 Å². The molecule has 0 fully saturated rings. The molecule has 327 valence electrons. The standard InChI is InChI=1S/C46H42FN2OSi.C11H7FN.Ir/c1-28(2)39-24-33(32-18-16-31(17-19-32)30-12-9-8-10-13-30)25-40(29(3)4)44(39)49-42-23-20-34(47)26-41(42)48-46(49)38-15-11-14-37-36-22-21-35(51(5,6)7)27-43(36)50-45(37)38;12-10-6-7-11(13-8-10)9-4-2-1-3-5-9;/h8-14,16-29H,1-7H3;1-4,6-8H;/q2*-1;. The van der Waals surface area contributed by atoms with Crippen LogP contribution in [0.5, 0.6) is 0 Å². The van der Waals surface area contributed by atoms with Crippen molar-refractivity contribution in [2.45, 2.75) is 59.2 Å². The minimum absolute atomic E-state index is 0. The summed E-state index contributed by atoms with van der Waals surface area (Å²) >= 11 is 0. The van der Waals surface area contributed by atoms with Gasteiger partial charge in [-0.1, -0.05) is 136 Å². The summed E-state index contributed by atoms with van der Waals surface area (Å²) in [4.78, 5) is 9.10. The van der Waals surface area contributed by atoms with Crippen LogP contribution in [-0.4, -0.2) is 22.6 Å². The maximum Gasteiger partial charge on any atom is 0.139 e. The Bertz CT molecular complexity index is 3230. The van der Waals surface area contributed by atoms with Crippen LogP contribution < -0.4 is 5.19 Å². The summed E-state index contributed by atoms with van der Waals surface area (Å²) in [7, 11) is -1.56. The molecule has 0 saturated heterocycles. The van der Waals surface area contributed by atoms with E-state index in [2.05, 4.69) is 154 Å². The van der Waals surface area contributed by atoms with Gasteiger partial charge in [-0.3, -0.25) is 4.98 Å². The Labute approximate surface area is 394 Å². The molecule has 0 N–H and O–H groups in total. The molecule has 0 spiro atoms. The van der Waals surface area contributed by atoms with Gasteiger partial charge in [0, 0.05) is 37.2 Å². The SMILES string of the molecule is CC(C)c1cc(-c2ccc(-c3ccccc3)cc2)cc(C(C)C)c1-n1c(-c2[c-]ccc3c2oc2cc([Si](C)(C)C)ccc23)nc2cc(F)ccc21.Fc1ccc(-c2[c-]cccc2)nc1.[Ir]. The Hall–Kier alpha value is -6.31. The number of halogens is 2. The predicted octanol–water partition coefficient (Wildman–Crippen LogP) is 15.3. The van der Waals surface area contributed by atoms with E-state index in [4.69, 9.17) is 9.40 Å². The number of pyridine rings is 1. The van der Waals surface area contributed by atoms with E-state index in [9.17, 15) is 8.78 Å². The van der Waals surface area contributed by atoms with Gasteiger partial charge in [0.05, 0.1) is 36.7 Å². The van der Waals surface area contributed by atoms with E-state index < -0.39 is 8.07 Å². The number of rotatable bonds is 8. The zero-order chi connectivity index (χ0) is 44.7. The van der Waals surface area contributed by atoms with Crippen molar-refractivity contribution < 1.29 is 33.3 Å². The molecule has 0 saturated carbocycles. The summed E-state index contributed by atoms with van der Waals surface area (Å²) in [6.45, 7) is 16.0. The van der Waals surface area contributed by atoms with Crippen LogP contribution in [0.4, 0.5) is 8.78 Å². The summed E-state index contributed by atoms with van der Waals surface area (Å²) in [6.07, 6.45) is 1.20. The molecule has 1 radical (unpaired) electrons. The van der Waals surface area contributed by atoms with E-state index in [1.54, 1.807) is 12.1 Å². The number of benzene rings is 7. The number of fused-ring (bicyclic) bond motifs is 4. The normalized spacial score (nSPS) is 11.6. The molecule has 0 amide bonds. The van der Waals surface area contributed by atoms with Crippen LogP contribution >= 0.6 is 0 Å². The molecule has 3 aromatic heterocycles. The third-order valence-corrected chi connectivity index (χ3v) is 13.9. The third kappa shape index (κ3) is 9.17. The van der Waals surface area contributed by atoms with Crippen LogP contribution in [0.2, 0.25) is 19.6 Å². The second-order valence-electron chi connectivity index (χ2n) is 18.0. The minimum Gasteiger partial charge on any atom is -0.501 e. The Kier molecular flexibility index (Phi) is 13.0. The number of nitrogens with zero attached hydrogens (tertiary/aromatic N) is 3. The Balaban J connectivity index is 0.000000353. The molecule has 0 aliphatic rings. The second-order valence-corrected chi connectivity index (χ2v) is 23.0. The fourth-order valence-electron chi connectivity index (χ4n) is 8.38. The van der Waals surface area contributed by atoms with Crippen molar-refractivity contribution in [1.82, 2.24) is 14.5 Å². The van der Waals surface area contributed by atoms with Gasteiger partial charge in [0.1, 0.15) is 17.2 Å². The van der Waals surface area contributed by atoms with Crippen molar-refractivity contribution in [3.8, 4) is 50.6 Å². The molecule has 10 rings (SSSR count). The minimum atomic E-state index is -1.56. The predicted molar refractivity (Wildman–Crippen MR) is 263 cm³/mol. The van der Waals surface area contributed by atoms with E-state index in [1.165, 1.54) is 63.0 Å². The summed E-state index contributed by atoms with van der Waals surface area (Å²) in [5.74, 6) is 0.440. The van der Waals surface area contributed by atoms with Gasteiger partial charge in [0.15, 0.2) is 0 Å². The molecule has 0 aliphatic heterocycles. The second kappa shape index (κ2) is 18.7. The zero-order valence-electron chi connectivity index (χ0n) is 37.5. The molecule has 0 aliphatic carbocycles. The fourth-order valence-corrected chi connectivity index (χ4v) is 9.53. The number of aromatic nitrogens is 3. The van der Waals surface area contributed by atoms with Gasteiger partial charge < -0.3 is 14.0 Å². The first-order valence-corrected chi connectivity index (χ1v) is 25.3. The Morgan fingerprint density at radius 1 is 0.615 bits per heavy atom. The quantitative estimate of drug-likeness (QED) is 0.113. The molecule has 0 atom stereocenters. The van der Waals surface area contributed by atoms with Crippen LogP contribution in [-0.2, 0) is 20.1 Å². The summed E-state index contributed by atoms with van der Waals surface area (Å²) in [5, 5.41) is 3.44. The monoisotopic (exact) mass is 1050 g/mol. The van der Waals surface area contributed by atoms with E-state index in [0.29, 0.717) is 11.3 Å². The first-order chi connectivity index (χ1) is 30.8. The smallest absolute Gasteiger partial charge is 0.139 e. The largest absolute Gasteiger partial charge is 0.501 e. The van der Waals surface area contributed by atoms with Crippen molar-refractivity contribution in [3.63, 3.8) is 0 Å². The Morgan fingerprint density at radius 2 is 1.28 bits per heavy atom. The molecule has 0 unspecified atom stereocenters. The van der Waals surface area contributed by atoms with Gasteiger partial charge in [-0.15, -0.1) is 54.1 Å². The van der Waals surface area contributed by atoms with Gasteiger partial charge in [-0.05, 0) is 87.3 Å². The van der Waals surface area contributed by atoms with Crippen LogP contribution in [0.3, 0.4) is 0 Å². The fraction of sp³-hybridized carbons (Fsp3) is 0.158. The van der Waals surface area contributed by atoms with Crippen molar-refractivity contribution >= 4 is 46.2 Å². The van der Waals surface area contributed by atoms with Crippen LogP contribution in [0.25, 0.3) is 83.6 Å². The van der Waals surface area contributed by atoms with Gasteiger partial charge in [0.25, 0.3) is 0 Å². The molecule has 8 heteroatoms. The number of hydrogen-bond acceptors (Lipinski definition) is 3. The van der Waals surface area contributed by atoms with Crippen molar-refractivity contribution in [3.05, 3.63) is 193 Å². The van der Waals surface area contributed by atoms with Gasteiger partial charge in [-0.2, -0.15) is 0 Å². The number of imidazole rings is 1. The molecule has 4 nitrogen and oxygen atoms in total. The van der Waals surface area contributed by atoms with Crippen LogP contribution in [0.15, 0.2) is 162 Å². The average Bonchev–Trinajstić information content (AvgIpc) is 3.87. The molecular formula is C57H49F2IrN3OSi-2. The summed E-state index contributed by atoms with van der Waals surface area (Å²) < 4.78 is 36.3. The van der Waals surface area contributed by atoms with E-state index in [1.807, 2.05) is 36.4 Å². The molecule has 3 heterocycles. The van der Waals surface area contributed by atoms with Crippen molar-refractivity contribution in [2.75, 3.05) is 0 Å². The first-order valence-electron chi connectivity index (χ1n) is 21.8. The topological polar surface area (TPSA) is 43.9 Å². The summed E-state index contributed by atoms with van der Waals surface area (Å²) in [5.41, 5.74) is 13.6. The number of hydrogen-bond donors (Lipinski definition) is 0. The van der Waals surface area contributed by atoms with Gasteiger partial charge in [-0.25, -0.2) is 8.78 Å². The summed E-state index contributed by atoms with van der Waals surface area (Å²) in [6, 6.07) is 56.6. The van der Waals surface area contributed by atoms with Crippen LogP contribution in [0, 0.1) is 23.8 Å². The molecule has 0 bridgehead atoms. The molecular weight excluding hydrogens is 1000 g/mol. The first kappa shape index (κ1) is 45.3. The Morgan fingerprint density at radius 3 is 1.91 bits per heavy atom. The van der Waals surface area contributed by atoms with Crippen molar-refractivity contribution in [2.24, 2.45) is 0 Å². The van der Waals surface area contributed by atoms with E-state index in [-0.39, 0.29) is 43.6 Å². The maximum absolute atomic E-state index is 14.8. The van der Waals surface area contributed by atoms with Gasteiger partial charge >= 0.3 is 0 Å². The van der Waals surface area contributed by atoms with Gasteiger partial charge in [0.2, 0.25) is 0 Å². The zero-order valence-corrected chi connectivity index (χ0v) is 40.9. The van der Waals surface area contributed by atoms with Crippen molar-refractivity contribution in [1.29, 1.82) is 0 Å². The third-order valence-electron chi connectivity index (χ3n) is 11.8. The van der Waals surface area contributed by atoms with E-state index >= 15 is 0 Å². The molecule has 10 aromatic rings. The number of furan rings is 1. The molecule has 7 aromatic carbocycles. The molecule has 65 heavy (non-hydrogen) atoms. The average molecular weight is 1050 g/mol.